The molecular formula is C16H20N4O3S. The maximum Gasteiger partial charge on any atom is 0.331 e. The van der Waals surface area contributed by atoms with Gasteiger partial charge >= 0.3 is 5.97 Å². The van der Waals surface area contributed by atoms with Gasteiger partial charge in [-0.05, 0) is 12.0 Å². The Morgan fingerprint density at radius 3 is 2.54 bits per heavy atom. The Morgan fingerprint density at radius 2 is 2.04 bits per heavy atom. The van der Waals surface area contributed by atoms with Crippen LogP contribution in [0.3, 0.4) is 0 Å². The summed E-state index contributed by atoms with van der Waals surface area (Å²) in [5.41, 5.74) is 1.82. The molecule has 128 valence electrons. The van der Waals surface area contributed by atoms with Crippen LogP contribution in [0, 0.1) is 0 Å². The third-order valence-corrected chi connectivity index (χ3v) is 5.15. The molecule has 7 nitrogen and oxygen atoms in total. The van der Waals surface area contributed by atoms with Crippen LogP contribution in [0.2, 0.25) is 0 Å². The highest BCUT2D eigenvalue weighted by molar-refractivity contribution is 7.07. The molecule has 0 aliphatic carbocycles. The number of carbonyl (C=O) groups excluding carboxylic acids is 1. The standard InChI is InChI=1S/C16H20N4O3S/c1-11(2)12-3-6-20(18-12)16(15(22)23)4-7-19(8-5-16)14(21)13-9-24-10-17-13/h3,6,9-11H,4-5,7-8H2,1-2H3,(H,22,23). The average Bonchev–Trinajstić information content (AvgIpc) is 3.25. The average molecular weight is 348 g/mol. The molecule has 0 aromatic carbocycles. The van der Waals surface area contributed by atoms with Crippen LogP contribution in [0.25, 0.3) is 0 Å². The third kappa shape index (κ3) is 2.82. The fourth-order valence-electron chi connectivity index (χ4n) is 2.99. The SMILES string of the molecule is CC(C)c1ccn(C2(C(=O)O)CCN(C(=O)c3cscn3)CC2)n1. The number of carboxylic acid groups (broad SMARTS) is 1. The van der Waals surface area contributed by atoms with E-state index in [2.05, 4.69) is 10.1 Å². The Kier molecular flexibility index (Phi) is 4.40. The van der Waals surface area contributed by atoms with Crippen molar-refractivity contribution >= 4 is 23.2 Å². The number of amides is 1. The van der Waals surface area contributed by atoms with Crippen LogP contribution in [0.15, 0.2) is 23.2 Å². The summed E-state index contributed by atoms with van der Waals surface area (Å²) in [5, 5.41) is 16.0. The second kappa shape index (κ2) is 6.35. The zero-order chi connectivity index (χ0) is 17.3. The van der Waals surface area contributed by atoms with E-state index in [9.17, 15) is 14.7 Å². The van der Waals surface area contributed by atoms with Crippen LogP contribution in [0.5, 0.6) is 0 Å². The van der Waals surface area contributed by atoms with E-state index in [-0.39, 0.29) is 11.8 Å². The van der Waals surface area contributed by atoms with Crippen molar-refractivity contribution in [1.29, 1.82) is 0 Å². The number of hydrogen-bond acceptors (Lipinski definition) is 5. The van der Waals surface area contributed by atoms with Crippen molar-refractivity contribution in [1.82, 2.24) is 19.7 Å². The molecule has 1 saturated heterocycles. The zero-order valence-electron chi connectivity index (χ0n) is 13.7. The van der Waals surface area contributed by atoms with Crippen molar-refractivity contribution in [3.63, 3.8) is 0 Å². The molecule has 3 rings (SSSR count). The van der Waals surface area contributed by atoms with Gasteiger partial charge in [0.05, 0.1) is 11.2 Å². The van der Waals surface area contributed by atoms with Crippen LogP contribution in [0.4, 0.5) is 0 Å². The van der Waals surface area contributed by atoms with Gasteiger partial charge in [0.15, 0.2) is 5.54 Å². The molecule has 2 aromatic rings. The van der Waals surface area contributed by atoms with Crippen LogP contribution in [0.1, 0.15) is 48.8 Å². The molecule has 1 N–H and O–H groups in total. The van der Waals surface area contributed by atoms with Gasteiger partial charge in [0.2, 0.25) is 0 Å². The largest absolute Gasteiger partial charge is 0.479 e. The van der Waals surface area contributed by atoms with E-state index in [0.717, 1.165) is 5.69 Å². The minimum atomic E-state index is -1.09. The van der Waals surface area contributed by atoms with Gasteiger partial charge in [-0.25, -0.2) is 9.78 Å². The Bertz CT molecular complexity index is 730. The minimum absolute atomic E-state index is 0.140. The molecule has 0 spiro atoms. The Morgan fingerprint density at radius 1 is 1.33 bits per heavy atom. The third-order valence-electron chi connectivity index (χ3n) is 4.57. The van der Waals surface area contributed by atoms with E-state index in [1.165, 1.54) is 11.3 Å². The van der Waals surface area contributed by atoms with Gasteiger partial charge in [-0.15, -0.1) is 11.3 Å². The number of aliphatic carboxylic acids is 1. The second-order valence-corrected chi connectivity index (χ2v) is 7.06. The van der Waals surface area contributed by atoms with E-state index in [4.69, 9.17) is 0 Å². The molecule has 1 fully saturated rings. The van der Waals surface area contributed by atoms with Gasteiger partial charge in [-0.1, -0.05) is 13.8 Å². The Labute approximate surface area is 143 Å². The fourth-order valence-corrected chi connectivity index (χ4v) is 3.51. The summed E-state index contributed by atoms with van der Waals surface area (Å²) in [6, 6.07) is 1.86. The van der Waals surface area contributed by atoms with E-state index < -0.39 is 11.5 Å². The molecule has 0 atom stereocenters. The number of aromatic nitrogens is 3. The van der Waals surface area contributed by atoms with Crippen LogP contribution < -0.4 is 0 Å². The fraction of sp³-hybridized carbons (Fsp3) is 0.500. The Hall–Kier alpha value is -2.22. The zero-order valence-corrected chi connectivity index (χ0v) is 14.5. The van der Waals surface area contributed by atoms with E-state index >= 15 is 0 Å². The molecular weight excluding hydrogens is 328 g/mol. The summed E-state index contributed by atoms with van der Waals surface area (Å²) in [6.07, 6.45) is 2.40. The molecule has 1 aliphatic heterocycles. The van der Waals surface area contributed by atoms with Crippen molar-refractivity contribution in [2.75, 3.05) is 13.1 Å². The predicted octanol–water partition coefficient (Wildman–Crippen LogP) is 2.18. The number of nitrogens with zero attached hydrogens (tertiary/aromatic N) is 4. The van der Waals surface area contributed by atoms with Crippen molar-refractivity contribution in [3.8, 4) is 0 Å². The minimum Gasteiger partial charge on any atom is -0.479 e. The lowest BCUT2D eigenvalue weighted by molar-refractivity contribution is -0.150. The van der Waals surface area contributed by atoms with Gasteiger partial charge < -0.3 is 10.0 Å². The molecule has 1 aliphatic rings. The first-order valence-electron chi connectivity index (χ1n) is 7.91. The number of piperidine rings is 1. The predicted molar refractivity (Wildman–Crippen MR) is 89.2 cm³/mol. The first-order chi connectivity index (χ1) is 11.4. The molecule has 2 aromatic heterocycles. The molecule has 8 heteroatoms. The quantitative estimate of drug-likeness (QED) is 0.915. The lowest BCUT2D eigenvalue weighted by Crippen LogP contribution is -2.52. The summed E-state index contributed by atoms with van der Waals surface area (Å²) >= 11 is 1.37. The van der Waals surface area contributed by atoms with Gasteiger partial charge in [-0.3, -0.25) is 9.48 Å². The molecule has 0 bridgehead atoms. The number of likely N-dealkylation sites (tertiary alicyclic amines) is 1. The van der Waals surface area contributed by atoms with Crippen LogP contribution in [-0.4, -0.2) is 49.7 Å². The highest BCUT2D eigenvalue weighted by Gasteiger charge is 2.45. The first-order valence-corrected chi connectivity index (χ1v) is 8.85. The maximum atomic E-state index is 12.4. The van der Waals surface area contributed by atoms with Crippen molar-refractivity contribution in [2.24, 2.45) is 0 Å². The summed E-state index contributed by atoms with van der Waals surface area (Å²) in [6.45, 7) is 4.80. The van der Waals surface area contributed by atoms with Gasteiger partial charge in [0.25, 0.3) is 5.91 Å². The van der Waals surface area contributed by atoms with Crippen LogP contribution in [-0.2, 0) is 10.3 Å². The maximum absolute atomic E-state index is 12.4. The van der Waals surface area contributed by atoms with E-state index in [1.54, 1.807) is 26.7 Å². The molecule has 0 radical (unpaired) electrons. The monoisotopic (exact) mass is 348 g/mol. The topological polar surface area (TPSA) is 88.3 Å². The Balaban J connectivity index is 1.79. The summed E-state index contributed by atoms with van der Waals surface area (Å²) in [5.74, 6) is -0.802. The molecule has 1 amide bonds. The summed E-state index contributed by atoms with van der Waals surface area (Å²) in [4.78, 5) is 30.1. The van der Waals surface area contributed by atoms with E-state index in [0.29, 0.717) is 31.6 Å². The molecule has 0 unspecified atom stereocenters. The lowest BCUT2D eigenvalue weighted by Gasteiger charge is -2.38. The number of hydrogen-bond donors (Lipinski definition) is 1. The van der Waals surface area contributed by atoms with Crippen LogP contribution >= 0.6 is 11.3 Å². The van der Waals surface area contributed by atoms with Gasteiger partial charge in [0.1, 0.15) is 5.69 Å². The number of carboxylic acids is 1. The number of carbonyl (C=O) groups is 2. The molecule has 24 heavy (non-hydrogen) atoms. The molecule has 0 saturated carbocycles. The highest BCUT2D eigenvalue weighted by Crippen LogP contribution is 2.31. The normalized spacial score (nSPS) is 17.2. The van der Waals surface area contributed by atoms with Crippen molar-refractivity contribution in [2.45, 2.75) is 38.1 Å². The molecule has 3 heterocycles. The number of thiazole rings is 1. The lowest BCUT2D eigenvalue weighted by atomic mass is 9.87. The van der Waals surface area contributed by atoms with Gasteiger partial charge in [0, 0.05) is 37.5 Å². The smallest absolute Gasteiger partial charge is 0.331 e. The van der Waals surface area contributed by atoms with E-state index in [1.807, 2.05) is 19.9 Å². The summed E-state index contributed by atoms with van der Waals surface area (Å²) < 4.78 is 1.56. The highest BCUT2D eigenvalue weighted by atomic mass is 32.1. The number of rotatable bonds is 4. The van der Waals surface area contributed by atoms with Gasteiger partial charge in [-0.2, -0.15) is 5.10 Å². The van der Waals surface area contributed by atoms with Crippen molar-refractivity contribution < 1.29 is 14.7 Å². The second-order valence-electron chi connectivity index (χ2n) is 6.34. The first kappa shape index (κ1) is 16.6. The van der Waals surface area contributed by atoms with Crippen molar-refractivity contribution in [3.05, 3.63) is 34.5 Å². The summed E-state index contributed by atoms with van der Waals surface area (Å²) in [7, 11) is 0.